The molecule has 0 aliphatic carbocycles. The van der Waals surface area contributed by atoms with Crippen molar-refractivity contribution in [1.29, 1.82) is 0 Å². The summed E-state index contributed by atoms with van der Waals surface area (Å²) in [4.78, 5) is 6.52. The second kappa shape index (κ2) is 9.24. The number of hydrazine groups is 1. The van der Waals surface area contributed by atoms with Crippen molar-refractivity contribution in [3.8, 4) is 0 Å². The molecule has 0 rings (SSSR count). The smallest absolute Gasteiger partial charge is 0.208 e. The fourth-order valence-electron chi connectivity index (χ4n) is 1.70. The maximum absolute atomic E-state index is 5.50. The lowest BCUT2D eigenvalue weighted by Gasteiger charge is -2.28. The predicted octanol–water partition coefficient (Wildman–Crippen LogP) is 1.21. The first-order valence-corrected chi connectivity index (χ1v) is 6.25. The molecule has 0 amide bonds. The van der Waals surface area contributed by atoms with Crippen LogP contribution in [0.5, 0.6) is 0 Å². The maximum Gasteiger partial charge on any atom is 0.208 e. The summed E-state index contributed by atoms with van der Waals surface area (Å²) in [5.41, 5.74) is 2.67. The highest BCUT2D eigenvalue weighted by Crippen LogP contribution is 2.09. The average molecular weight is 244 g/mol. The third kappa shape index (κ3) is 7.18. The Morgan fingerprint density at radius 2 is 2.06 bits per heavy atom. The van der Waals surface area contributed by atoms with Crippen LogP contribution in [-0.4, -0.2) is 44.2 Å². The molecule has 0 aromatic carbocycles. The fourth-order valence-corrected chi connectivity index (χ4v) is 1.70. The van der Waals surface area contributed by atoms with Gasteiger partial charge in [0.15, 0.2) is 0 Å². The lowest BCUT2D eigenvalue weighted by Crippen LogP contribution is -2.47. The van der Waals surface area contributed by atoms with Crippen molar-refractivity contribution in [2.24, 2.45) is 16.8 Å². The molecular formula is C12H28N4O. The Balaban J connectivity index is 4.22. The van der Waals surface area contributed by atoms with E-state index in [1.807, 2.05) is 7.05 Å². The van der Waals surface area contributed by atoms with Crippen LogP contribution < -0.4 is 11.3 Å². The third-order valence-electron chi connectivity index (χ3n) is 2.71. The maximum atomic E-state index is 5.50. The van der Waals surface area contributed by atoms with E-state index in [0.717, 1.165) is 32.0 Å². The summed E-state index contributed by atoms with van der Waals surface area (Å²) in [5, 5.41) is 0. The van der Waals surface area contributed by atoms with Gasteiger partial charge in [0, 0.05) is 33.4 Å². The van der Waals surface area contributed by atoms with E-state index < -0.39 is 0 Å². The molecule has 3 N–H and O–H groups in total. The predicted molar refractivity (Wildman–Crippen MR) is 72.8 cm³/mol. The Morgan fingerprint density at radius 1 is 1.41 bits per heavy atom. The summed E-state index contributed by atoms with van der Waals surface area (Å²) in [6.07, 6.45) is 2.03. The van der Waals surface area contributed by atoms with Gasteiger partial charge >= 0.3 is 0 Å². The number of nitrogens with one attached hydrogen (secondary N) is 1. The monoisotopic (exact) mass is 244 g/mol. The van der Waals surface area contributed by atoms with Crippen molar-refractivity contribution < 1.29 is 4.74 Å². The number of guanidine groups is 1. The highest BCUT2D eigenvalue weighted by molar-refractivity contribution is 5.79. The molecule has 1 atom stereocenters. The zero-order valence-corrected chi connectivity index (χ0v) is 11.9. The summed E-state index contributed by atoms with van der Waals surface area (Å²) in [7, 11) is 3.71. The van der Waals surface area contributed by atoms with Gasteiger partial charge in [0.1, 0.15) is 0 Å². The van der Waals surface area contributed by atoms with Crippen molar-refractivity contribution in [3.63, 3.8) is 0 Å². The molecule has 1 unspecified atom stereocenters. The molecule has 0 bridgehead atoms. The topological polar surface area (TPSA) is 62.9 Å². The normalized spacial score (nSPS) is 13.9. The van der Waals surface area contributed by atoms with Crippen molar-refractivity contribution in [1.82, 2.24) is 10.3 Å². The summed E-state index contributed by atoms with van der Waals surface area (Å²) >= 11 is 0. The van der Waals surface area contributed by atoms with Crippen LogP contribution in [0.2, 0.25) is 0 Å². The van der Waals surface area contributed by atoms with Crippen LogP contribution >= 0.6 is 0 Å². The Bertz CT molecular complexity index is 219. The minimum Gasteiger partial charge on any atom is -0.385 e. The van der Waals surface area contributed by atoms with Crippen molar-refractivity contribution in [3.05, 3.63) is 0 Å². The minimum absolute atomic E-state index is 0.423. The van der Waals surface area contributed by atoms with Gasteiger partial charge in [-0.25, -0.2) is 5.84 Å². The van der Waals surface area contributed by atoms with Crippen LogP contribution in [0.25, 0.3) is 0 Å². The van der Waals surface area contributed by atoms with Gasteiger partial charge in [0.05, 0.1) is 0 Å². The molecule has 0 aromatic heterocycles. The second-order valence-electron chi connectivity index (χ2n) is 4.79. The van der Waals surface area contributed by atoms with Gasteiger partial charge in [-0.1, -0.05) is 13.8 Å². The number of hydrogen-bond acceptors (Lipinski definition) is 3. The summed E-state index contributed by atoms with van der Waals surface area (Å²) in [5.74, 6) is 6.91. The van der Waals surface area contributed by atoms with Gasteiger partial charge < -0.3 is 9.64 Å². The molecule has 0 radical (unpaired) electrons. The Kier molecular flexibility index (Phi) is 8.80. The molecule has 0 spiro atoms. The highest BCUT2D eigenvalue weighted by Gasteiger charge is 2.14. The van der Waals surface area contributed by atoms with E-state index in [9.17, 15) is 0 Å². The van der Waals surface area contributed by atoms with E-state index in [1.54, 1.807) is 7.11 Å². The Morgan fingerprint density at radius 3 is 2.53 bits per heavy atom. The van der Waals surface area contributed by atoms with Crippen molar-refractivity contribution >= 4 is 5.96 Å². The van der Waals surface area contributed by atoms with Gasteiger partial charge in [-0.2, -0.15) is 0 Å². The van der Waals surface area contributed by atoms with E-state index in [1.165, 1.54) is 0 Å². The number of nitrogens with zero attached hydrogens (tertiary/aromatic N) is 2. The molecule has 17 heavy (non-hydrogen) atoms. The number of methoxy groups -OCH3 is 1. The van der Waals surface area contributed by atoms with Crippen LogP contribution in [0.4, 0.5) is 0 Å². The SMILES string of the molecule is COCCCN=C(NN)N(C)C(C)CC(C)C. The van der Waals surface area contributed by atoms with E-state index >= 15 is 0 Å². The molecule has 102 valence electrons. The van der Waals surface area contributed by atoms with Gasteiger partial charge in [0.2, 0.25) is 5.96 Å². The zero-order chi connectivity index (χ0) is 13.3. The largest absolute Gasteiger partial charge is 0.385 e. The summed E-state index contributed by atoms with van der Waals surface area (Å²) < 4.78 is 4.98. The van der Waals surface area contributed by atoms with Crippen LogP contribution in [0.1, 0.15) is 33.6 Å². The lowest BCUT2D eigenvalue weighted by atomic mass is 10.0. The van der Waals surface area contributed by atoms with E-state index in [-0.39, 0.29) is 0 Å². The first-order valence-electron chi connectivity index (χ1n) is 6.25. The van der Waals surface area contributed by atoms with Crippen molar-refractivity contribution in [2.45, 2.75) is 39.7 Å². The molecule has 0 saturated heterocycles. The number of ether oxygens (including phenoxy) is 1. The first kappa shape index (κ1) is 16.2. The van der Waals surface area contributed by atoms with Gasteiger partial charge in [0.25, 0.3) is 0 Å². The molecule has 5 nitrogen and oxygen atoms in total. The molecule has 0 aromatic rings. The second-order valence-corrected chi connectivity index (χ2v) is 4.79. The van der Waals surface area contributed by atoms with Crippen LogP contribution in [0.15, 0.2) is 4.99 Å². The number of rotatable bonds is 7. The van der Waals surface area contributed by atoms with Crippen LogP contribution in [0, 0.1) is 5.92 Å². The van der Waals surface area contributed by atoms with Crippen molar-refractivity contribution in [2.75, 3.05) is 27.3 Å². The minimum atomic E-state index is 0.423. The first-order chi connectivity index (χ1) is 8.02. The molecular weight excluding hydrogens is 216 g/mol. The molecule has 0 aliphatic heterocycles. The van der Waals surface area contributed by atoms with E-state index in [2.05, 4.69) is 36.1 Å². The molecule has 5 heteroatoms. The molecule has 0 saturated carbocycles. The van der Waals surface area contributed by atoms with Gasteiger partial charge in [-0.05, 0) is 25.7 Å². The van der Waals surface area contributed by atoms with E-state index in [4.69, 9.17) is 10.6 Å². The Hall–Kier alpha value is -0.810. The van der Waals surface area contributed by atoms with Gasteiger partial charge in [-0.15, -0.1) is 0 Å². The summed E-state index contributed by atoms with van der Waals surface area (Å²) in [6.45, 7) is 8.08. The quantitative estimate of drug-likeness (QED) is 0.232. The number of hydrogen-bond donors (Lipinski definition) is 2. The van der Waals surface area contributed by atoms with Gasteiger partial charge in [-0.3, -0.25) is 10.4 Å². The van der Waals surface area contributed by atoms with Crippen LogP contribution in [0.3, 0.4) is 0 Å². The average Bonchev–Trinajstić information content (AvgIpc) is 2.27. The molecule has 0 heterocycles. The lowest BCUT2D eigenvalue weighted by molar-refractivity contribution is 0.196. The summed E-state index contributed by atoms with van der Waals surface area (Å²) in [6, 6.07) is 0.423. The van der Waals surface area contributed by atoms with Crippen LogP contribution in [-0.2, 0) is 4.74 Å². The zero-order valence-electron chi connectivity index (χ0n) is 11.9. The Labute approximate surface area is 105 Å². The standard InChI is InChI=1S/C12H28N4O/c1-10(2)9-11(3)16(4)12(15-13)14-7-6-8-17-5/h10-11H,6-9,13H2,1-5H3,(H,14,15). The fraction of sp³-hybridized carbons (Fsp3) is 0.917. The molecule has 0 fully saturated rings. The van der Waals surface area contributed by atoms with E-state index in [0.29, 0.717) is 12.0 Å². The third-order valence-corrected chi connectivity index (χ3v) is 2.71. The highest BCUT2D eigenvalue weighted by atomic mass is 16.5. The molecule has 0 aliphatic rings. The number of aliphatic imine (C=N–C) groups is 1. The number of nitrogens with two attached hydrogens (primary N) is 1.